The maximum absolute atomic E-state index is 11.7. The van der Waals surface area contributed by atoms with Crippen molar-refractivity contribution in [2.45, 2.75) is 26.8 Å². The van der Waals surface area contributed by atoms with Gasteiger partial charge in [0.05, 0.1) is 0 Å². The van der Waals surface area contributed by atoms with Crippen LogP contribution < -0.4 is 0 Å². The number of halogens is 1. The Morgan fingerprint density at radius 1 is 1.31 bits per heavy atom. The third-order valence-corrected chi connectivity index (χ3v) is 2.87. The predicted molar refractivity (Wildman–Crippen MR) is 70.1 cm³/mol. The summed E-state index contributed by atoms with van der Waals surface area (Å²) in [5.41, 5.74) is 1.16. The van der Waals surface area contributed by atoms with Gasteiger partial charge in [-0.25, -0.2) is 0 Å². The Balaban J connectivity index is 2.53. The molecular formula is C13H18BrNO. The Kier molecular flexibility index (Phi) is 5.00. The lowest BCUT2D eigenvalue weighted by Crippen LogP contribution is -2.27. The fourth-order valence-electron chi connectivity index (χ4n) is 1.46. The van der Waals surface area contributed by atoms with Crippen molar-refractivity contribution in [1.29, 1.82) is 0 Å². The van der Waals surface area contributed by atoms with Crippen LogP contribution in [0.15, 0.2) is 28.7 Å². The molecule has 0 N–H and O–H groups in total. The van der Waals surface area contributed by atoms with Crippen LogP contribution in [0.2, 0.25) is 0 Å². The van der Waals surface area contributed by atoms with Gasteiger partial charge in [-0.2, -0.15) is 0 Å². The lowest BCUT2D eigenvalue weighted by Gasteiger charge is -2.18. The molecule has 0 unspecified atom stereocenters. The number of benzene rings is 1. The van der Waals surface area contributed by atoms with Gasteiger partial charge < -0.3 is 4.90 Å². The monoisotopic (exact) mass is 283 g/mol. The van der Waals surface area contributed by atoms with Crippen molar-refractivity contribution in [3.63, 3.8) is 0 Å². The Morgan fingerprint density at radius 2 is 1.88 bits per heavy atom. The first kappa shape index (κ1) is 13.2. The third kappa shape index (κ3) is 4.35. The molecule has 0 saturated carbocycles. The van der Waals surface area contributed by atoms with E-state index in [-0.39, 0.29) is 5.91 Å². The van der Waals surface area contributed by atoms with Crippen LogP contribution in [0.25, 0.3) is 0 Å². The van der Waals surface area contributed by atoms with Crippen molar-refractivity contribution in [3.8, 4) is 0 Å². The van der Waals surface area contributed by atoms with E-state index < -0.39 is 0 Å². The van der Waals surface area contributed by atoms with E-state index in [2.05, 4.69) is 29.8 Å². The highest BCUT2D eigenvalue weighted by atomic mass is 79.9. The minimum Gasteiger partial charge on any atom is -0.341 e. The number of carbonyl (C=O) groups is 1. The second kappa shape index (κ2) is 6.04. The molecule has 0 spiro atoms. The molecule has 1 rings (SSSR count). The molecule has 0 fully saturated rings. The fourth-order valence-corrected chi connectivity index (χ4v) is 1.72. The van der Waals surface area contributed by atoms with E-state index in [1.807, 2.05) is 31.3 Å². The Hall–Kier alpha value is -0.830. The summed E-state index contributed by atoms with van der Waals surface area (Å²) in [4.78, 5) is 13.5. The van der Waals surface area contributed by atoms with Crippen molar-refractivity contribution >= 4 is 21.8 Å². The van der Waals surface area contributed by atoms with Gasteiger partial charge in [0.25, 0.3) is 0 Å². The van der Waals surface area contributed by atoms with Crippen LogP contribution in [-0.4, -0.2) is 17.9 Å². The van der Waals surface area contributed by atoms with E-state index in [0.29, 0.717) is 18.9 Å². The largest absolute Gasteiger partial charge is 0.341 e. The maximum Gasteiger partial charge on any atom is 0.222 e. The van der Waals surface area contributed by atoms with Gasteiger partial charge in [0.2, 0.25) is 5.91 Å². The molecule has 2 nitrogen and oxygen atoms in total. The summed E-state index contributed by atoms with van der Waals surface area (Å²) in [6.45, 7) is 4.80. The molecule has 1 aromatic rings. The van der Waals surface area contributed by atoms with Gasteiger partial charge in [-0.3, -0.25) is 4.79 Å². The summed E-state index contributed by atoms with van der Waals surface area (Å²) >= 11 is 3.39. The van der Waals surface area contributed by atoms with Crippen molar-refractivity contribution in [2.24, 2.45) is 5.92 Å². The summed E-state index contributed by atoms with van der Waals surface area (Å²) in [7, 11) is 1.85. The normalized spacial score (nSPS) is 10.6. The van der Waals surface area contributed by atoms with Gasteiger partial charge in [-0.1, -0.05) is 41.9 Å². The average Bonchev–Trinajstić information content (AvgIpc) is 2.20. The zero-order valence-corrected chi connectivity index (χ0v) is 11.6. The molecular weight excluding hydrogens is 266 g/mol. The average molecular weight is 284 g/mol. The number of nitrogens with zero attached hydrogens (tertiary/aromatic N) is 1. The van der Waals surface area contributed by atoms with E-state index >= 15 is 0 Å². The first-order valence-corrected chi connectivity index (χ1v) is 6.26. The third-order valence-electron chi connectivity index (χ3n) is 2.34. The van der Waals surface area contributed by atoms with E-state index in [0.717, 1.165) is 10.0 Å². The van der Waals surface area contributed by atoms with Crippen molar-refractivity contribution in [1.82, 2.24) is 4.90 Å². The lowest BCUT2D eigenvalue weighted by molar-refractivity contribution is -0.131. The van der Waals surface area contributed by atoms with Gasteiger partial charge in [0.1, 0.15) is 0 Å². The molecule has 0 atom stereocenters. The fraction of sp³-hybridized carbons (Fsp3) is 0.462. The van der Waals surface area contributed by atoms with Crippen LogP contribution in [-0.2, 0) is 11.3 Å². The Morgan fingerprint density at radius 3 is 2.38 bits per heavy atom. The number of carbonyl (C=O) groups excluding carboxylic acids is 1. The van der Waals surface area contributed by atoms with Crippen LogP contribution in [0.1, 0.15) is 25.8 Å². The lowest BCUT2D eigenvalue weighted by atomic mass is 10.1. The maximum atomic E-state index is 11.7. The first-order chi connectivity index (χ1) is 7.49. The van der Waals surface area contributed by atoms with Crippen LogP contribution >= 0.6 is 15.9 Å². The molecule has 0 saturated heterocycles. The molecule has 0 bridgehead atoms. The highest BCUT2D eigenvalue weighted by Gasteiger charge is 2.10. The van der Waals surface area contributed by atoms with E-state index in [9.17, 15) is 4.79 Å². The van der Waals surface area contributed by atoms with E-state index in [1.54, 1.807) is 4.90 Å². The summed E-state index contributed by atoms with van der Waals surface area (Å²) < 4.78 is 1.06. The van der Waals surface area contributed by atoms with Gasteiger partial charge in [0, 0.05) is 24.5 Å². The standard InChI is InChI=1S/C13H18BrNO/c1-10(2)8-13(16)15(3)9-11-4-6-12(14)7-5-11/h4-7,10H,8-9H2,1-3H3. The van der Waals surface area contributed by atoms with Gasteiger partial charge >= 0.3 is 0 Å². The van der Waals surface area contributed by atoms with E-state index in [1.165, 1.54) is 0 Å². The molecule has 0 heterocycles. The number of hydrogen-bond donors (Lipinski definition) is 0. The molecule has 1 amide bonds. The van der Waals surface area contributed by atoms with Crippen LogP contribution in [0.3, 0.4) is 0 Å². The van der Waals surface area contributed by atoms with Gasteiger partial charge in [0.15, 0.2) is 0 Å². The van der Waals surface area contributed by atoms with Gasteiger partial charge in [-0.15, -0.1) is 0 Å². The Labute approximate surface area is 106 Å². The topological polar surface area (TPSA) is 20.3 Å². The first-order valence-electron chi connectivity index (χ1n) is 5.47. The molecule has 0 aromatic heterocycles. The molecule has 1 aromatic carbocycles. The highest BCUT2D eigenvalue weighted by molar-refractivity contribution is 9.10. The number of hydrogen-bond acceptors (Lipinski definition) is 1. The molecule has 3 heteroatoms. The molecule has 88 valence electrons. The second-order valence-corrected chi connectivity index (χ2v) is 5.39. The Bertz CT molecular complexity index is 345. The van der Waals surface area contributed by atoms with Crippen LogP contribution in [0.5, 0.6) is 0 Å². The SMILES string of the molecule is CC(C)CC(=O)N(C)Cc1ccc(Br)cc1. The minimum absolute atomic E-state index is 0.206. The number of rotatable bonds is 4. The summed E-state index contributed by atoms with van der Waals surface area (Å²) in [5, 5.41) is 0. The van der Waals surface area contributed by atoms with E-state index in [4.69, 9.17) is 0 Å². The van der Waals surface area contributed by atoms with Crippen LogP contribution in [0, 0.1) is 5.92 Å². The quantitative estimate of drug-likeness (QED) is 0.829. The summed E-state index contributed by atoms with van der Waals surface area (Å²) in [6, 6.07) is 8.05. The van der Waals surface area contributed by atoms with Crippen molar-refractivity contribution in [2.75, 3.05) is 7.05 Å². The highest BCUT2D eigenvalue weighted by Crippen LogP contribution is 2.12. The zero-order valence-electron chi connectivity index (χ0n) is 10.0. The van der Waals surface area contributed by atoms with Crippen molar-refractivity contribution in [3.05, 3.63) is 34.3 Å². The predicted octanol–water partition coefficient (Wildman–Crippen LogP) is 3.45. The smallest absolute Gasteiger partial charge is 0.222 e. The van der Waals surface area contributed by atoms with Crippen LogP contribution in [0.4, 0.5) is 0 Å². The molecule has 0 radical (unpaired) electrons. The zero-order chi connectivity index (χ0) is 12.1. The molecule has 0 aliphatic heterocycles. The number of amides is 1. The molecule has 0 aliphatic carbocycles. The minimum atomic E-state index is 0.206. The summed E-state index contributed by atoms with van der Waals surface area (Å²) in [6.07, 6.45) is 0.618. The molecule has 0 aliphatic rings. The van der Waals surface area contributed by atoms with Crippen molar-refractivity contribution < 1.29 is 4.79 Å². The summed E-state index contributed by atoms with van der Waals surface area (Å²) in [5.74, 6) is 0.623. The second-order valence-electron chi connectivity index (χ2n) is 4.47. The van der Waals surface area contributed by atoms with Gasteiger partial charge in [-0.05, 0) is 23.6 Å². The molecule has 16 heavy (non-hydrogen) atoms.